The molecule has 4 aromatic rings. The standard InChI is InChI=1S/C31H28N2O4/c1-18-32-28-13-10-19(16-29(28)37-18)30(34)20-14-21-11-12-22(15-20)33(21)31(35)36-17-27-25-8-4-2-6-23(25)24-7-3-5-9-26(24)27/h2-10,13,16,20-22,27H,11-12,14-15,17H2,1H3. The van der Waals surface area contributed by atoms with Gasteiger partial charge in [-0.1, -0.05) is 48.5 Å². The van der Waals surface area contributed by atoms with Crippen LogP contribution in [0.5, 0.6) is 0 Å². The molecule has 1 aliphatic carbocycles. The van der Waals surface area contributed by atoms with E-state index >= 15 is 0 Å². The van der Waals surface area contributed by atoms with Gasteiger partial charge in [-0.05, 0) is 66.1 Å². The van der Waals surface area contributed by atoms with Crippen LogP contribution in [-0.4, -0.2) is 40.5 Å². The summed E-state index contributed by atoms with van der Waals surface area (Å²) in [5.41, 5.74) is 6.92. The van der Waals surface area contributed by atoms with Crippen molar-refractivity contribution in [2.45, 2.75) is 50.6 Å². The zero-order valence-electron chi connectivity index (χ0n) is 20.7. The number of hydrogen-bond acceptors (Lipinski definition) is 5. The van der Waals surface area contributed by atoms with Crippen molar-refractivity contribution in [3.05, 3.63) is 89.3 Å². The van der Waals surface area contributed by atoms with Crippen LogP contribution in [-0.2, 0) is 4.74 Å². The van der Waals surface area contributed by atoms with Gasteiger partial charge in [0.05, 0.1) is 0 Å². The van der Waals surface area contributed by atoms with Crippen LogP contribution >= 0.6 is 0 Å². The van der Waals surface area contributed by atoms with E-state index in [-0.39, 0.29) is 35.8 Å². The summed E-state index contributed by atoms with van der Waals surface area (Å²) in [6.07, 6.45) is 2.93. The number of carbonyl (C=O) groups excluding carboxylic acids is 2. The molecule has 3 aromatic carbocycles. The molecule has 2 aliphatic heterocycles. The third kappa shape index (κ3) is 3.66. The summed E-state index contributed by atoms with van der Waals surface area (Å²) < 4.78 is 11.6. The number of ketones is 1. The second kappa shape index (κ2) is 8.58. The highest BCUT2D eigenvalue weighted by molar-refractivity contribution is 6.00. The summed E-state index contributed by atoms with van der Waals surface area (Å²) in [4.78, 5) is 33.0. The van der Waals surface area contributed by atoms with Gasteiger partial charge in [0.15, 0.2) is 17.3 Å². The monoisotopic (exact) mass is 492 g/mol. The van der Waals surface area contributed by atoms with Crippen LogP contribution in [0.4, 0.5) is 4.79 Å². The number of rotatable bonds is 4. The van der Waals surface area contributed by atoms with Crippen molar-refractivity contribution in [2.75, 3.05) is 6.61 Å². The minimum absolute atomic E-state index is 0.0413. The maximum absolute atomic E-state index is 13.4. The molecular weight excluding hydrogens is 464 g/mol. The van der Waals surface area contributed by atoms with E-state index in [2.05, 4.69) is 41.4 Å². The van der Waals surface area contributed by atoms with E-state index in [1.807, 2.05) is 29.2 Å². The van der Waals surface area contributed by atoms with Gasteiger partial charge in [0.25, 0.3) is 0 Å². The predicted octanol–water partition coefficient (Wildman–Crippen LogP) is 6.51. The highest BCUT2D eigenvalue weighted by Gasteiger charge is 2.46. The number of aromatic nitrogens is 1. The second-order valence-electron chi connectivity index (χ2n) is 10.5. The van der Waals surface area contributed by atoms with E-state index in [0.717, 1.165) is 18.4 Å². The van der Waals surface area contributed by atoms with Crippen molar-refractivity contribution in [3.63, 3.8) is 0 Å². The van der Waals surface area contributed by atoms with E-state index in [4.69, 9.17) is 9.15 Å². The topological polar surface area (TPSA) is 72.6 Å². The number of oxazole rings is 1. The first-order valence-electron chi connectivity index (χ1n) is 13.1. The minimum atomic E-state index is -0.251. The van der Waals surface area contributed by atoms with Gasteiger partial charge in [-0.2, -0.15) is 0 Å². The SMILES string of the molecule is Cc1nc2ccc(C(=O)C3CC4CCC(C3)N4C(=O)OCC3c4ccccc4-c4ccccc43)cc2o1. The molecule has 6 nitrogen and oxygen atoms in total. The number of ether oxygens (including phenoxy) is 1. The van der Waals surface area contributed by atoms with Gasteiger partial charge < -0.3 is 14.1 Å². The van der Waals surface area contributed by atoms with E-state index < -0.39 is 0 Å². The number of fused-ring (bicyclic) bond motifs is 6. The summed E-state index contributed by atoms with van der Waals surface area (Å²) in [5, 5.41) is 0. The van der Waals surface area contributed by atoms with Crippen molar-refractivity contribution in [2.24, 2.45) is 5.92 Å². The molecule has 0 N–H and O–H groups in total. The van der Waals surface area contributed by atoms with Crippen LogP contribution in [0.2, 0.25) is 0 Å². The normalized spacial score (nSPS) is 22.2. The molecule has 1 amide bonds. The lowest BCUT2D eigenvalue weighted by molar-refractivity contribution is 0.0506. The minimum Gasteiger partial charge on any atom is -0.448 e. The summed E-state index contributed by atoms with van der Waals surface area (Å²) in [6, 6.07) is 22.3. The molecule has 2 atom stereocenters. The predicted molar refractivity (Wildman–Crippen MR) is 140 cm³/mol. The summed E-state index contributed by atoms with van der Waals surface area (Å²) in [5.74, 6) is 0.661. The van der Waals surface area contributed by atoms with Crippen LogP contribution in [0.25, 0.3) is 22.2 Å². The number of amides is 1. The van der Waals surface area contributed by atoms with Gasteiger partial charge in [0.1, 0.15) is 12.1 Å². The second-order valence-corrected chi connectivity index (χ2v) is 10.5. The molecule has 0 radical (unpaired) electrons. The molecular formula is C31H28N2O4. The zero-order chi connectivity index (χ0) is 25.1. The van der Waals surface area contributed by atoms with E-state index in [9.17, 15) is 9.59 Å². The number of benzene rings is 3. The Morgan fingerprint density at radius 1 is 0.946 bits per heavy atom. The van der Waals surface area contributed by atoms with Crippen LogP contribution in [0.1, 0.15) is 59.0 Å². The Morgan fingerprint density at radius 3 is 2.27 bits per heavy atom. The molecule has 7 rings (SSSR count). The Kier molecular flexibility index (Phi) is 5.17. The van der Waals surface area contributed by atoms with Gasteiger partial charge in [-0.25, -0.2) is 9.78 Å². The number of nitrogens with zero attached hydrogens (tertiary/aromatic N) is 2. The molecule has 0 spiro atoms. The Bertz CT molecular complexity index is 1480. The number of piperidine rings is 1. The first-order valence-corrected chi connectivity index (χ1v) is 13.1. The maximum Gasteiger partial charge on any atom is 0.410 e. The van der Waals surface area contributed by atoms with E-state index in [0.29, 0.717) is 36.5 Å². The average Bonchev–Trinajstić information content (AvgIpc) is 3.54. The molecule has 2 fully saturated rings. The molecule has 186 valence electrons. The molecule has 6 heteroatoms. The molecule has 2 saturated heterocycles. The lowest BCUT2D eigenvalue weighted by Crippen LogP contribution is -2.48. The van der Waals surface area contributed by atoms with Crippen LogP contribution in [0, 0.1) is 12.8 Å². The van der Waals surface area contributed by atoms with Gasteiger partial charge in [0.2, 0.25) is 0 Å². The van der Waals surface area contributed by atoms with Crippen molar-refractivity contribution < 1.29 is 18.7 Å². The number of hydrogen-bond donors (Lipinski definition) is 0. The molecule has 1 aromatic heterocycles. The van der Waals surface area contributed by atoms with Crippen LogP contribution in [0.15, 0.2) is 71.1 Å². The number of carbonyl (C=O) groups is 2. The fourth-order valence-corrected chi connectivity index (χ4v) is 6.79. The van der Waals surface area contributed by atoms with Crippen molar-refractivity contribution in [1.29, 1.82) is 0 Å². The summed E-state index contributed by atoms with van der Waals surface area (Å²) >= 11 is 0. The van der Waals surface area contributed by atoms with Crippen molar-refractivity contribution in [1.82, 2.24) is 9.88 Å². The Hall–Kier alpha value is -3.93. The molecule has 0 saturated carbocycles. The summed E-state index contributed by atoms with van der Waals surface area (Å²) in [7, 11) is 0. The van der Waals surface area contributed by atoms with E-state index in [1.165, 1.54) is 22.3 Å². The first kappa shape index (κ1) is 22.3. The fourth-order valence-electron chi connectivity index (χ4n) is 6.79. The largest absolute Gasteiger partial charge is 0.448 e. The lowest BCUT2D eigenvalue weighted by atomic mass is 9.85. The van der Waals surface area contributed by atoms with Crippen LogP contribution in [0.3, 0.4) is 0 Å². The first-order chi connectivity index (χ1) is 18.1. The lowest BCUT2D eigenvalue weighted by Gasteiger charge is -2.37. The van der Waals surface area contributed by atoms with Gasteiger partial charge in [-0.15, -0.1) is 0 Å². The zero-order valence-corrected chi connectivity index (χ0v) is 20.7. The number of aryl methyl sites for hydroxylation is 1. The molecule has 2 unspecified atom stereocenters. The Morgan fingerprint density at radius 2 is 1.59 bits per heavy atom. The fraction of sp³-hybridized carbons (Fsp3) is 0.323. The highest BCUT2D eigenvalue weighted by atomic mass is 16.6. The Balaban J connectivity index is 1.05. The highest BCUT2D eigenvalue weighted by Crippen LogP contribution is 2.45. The average molecular weight is 493 g/mol. The van der Waals surface area contributed by atoms with Gasteiger partial charge >= 0.3 is 6.09 Å². The summed E-state index contributed by atoms with van der Waals surface area (Å²) in [6.45, 7) is 2.13. The molecule has 2 bridgehead atoms. The molecule has 37 heavy (non-hydrogen) atoms. The van der Waals surface area contributed by atoms with E-state index in [1.54, 1.807) is 13.0 Å². The number of Topliss-reactive ketones (excluding diaryl/α,β-unsaturated/α-hetero) is 1. The van der Waals surface area contributed by atoms with Crippen molar-refractivity contribution in [3.8, 4) is 11.1 Å². The van der Waals surface area contributed by atoms with Crippen molar-refractivity contribution >= 4 is 23.0 Å². The van der Waals surface area contributed by atoms with Gasteiger partial charge in [-0.3, -0.25) is 4.79 Å². The van der Waals surface area contributed by atoms with Gasteiger partial charge in [0, 0.05) is 36.4 Å². The maximum atomic E-state index is 13.4. The Labute approximate surface area is 215 Å². The molecule has 3 aliphatic rings. The quantitative estimate of drug-likeness (QED) is 0.304. The third-order valence-corrected chi connectivity index (χ3v) is 8.43. The smallest absolute Gasteiger partial charge is 0.410 e. The molecule has 3 heterocycles. The third-order valence-electron chi connectivity index (χ3n) is 8.43. The van der Waals surface area contributed by atoms with Crippen LogP contribution < -0.4 is 0 Å².